The average molecular weight is 297 g/mol. The fourth-order valence-electron chi connectivity index (χ4n) is 1.96. The van der Waals surface area contributed by atoms with Gasteiger partial charge in [-0.2, -0.15) is 0 Å². The van der Waals surface area contributed by atoms with Crippen LogP contribution in [0.25, 0.3) is 10.8 Å². The summed E-state index contributed by atoms with van der Waals surface area (Å²) in [6.45, 7) is 0. The Morgan fingerprint density at radius 3 is 1.85 bits per heavy atom. The van der Waals surface area contributed by atoms with Crippen LogP contribution >= 0.6 is 12.4 Å². The molecule has 6 nitrogen and oxygen atoms in total. The maximum atomic E-state index is 11.3. The van der Waals surface area contributed by atoms with Gasteiger partial charge in [0.15, 0.2) is 0 Å². The number of carboxylic acids is 3. The standard InChI is InChI=1S/C13H8O6.ClH/c14-11(15)8-5-6-3-1-2-4-7(6)9(12(16)17)10(8)13(18)19;/h1-5H,(H,14,15)(H,16,17)(H,18,19);1H. The molecule has 0 bridgehead atoms. The van der Waals surface area contributed by atoms with Crippen molar-refractivity contribution >= 4 is 41.1 Å². The molecule has 2 aromatic carbocycles. The fourth-order valence-corrected chi connectivity index (χ4v) is 1.96. The van der Waals surface area contributed by atoms with Gasteiger partial charge in [-0.1, -0.05) is 24.3 Å². The van der Waals surface area contributed by atoms with E-state index in [2.05, 4.69) is 0 Å². The number of carbonyl (C=O) groups is 3. The number of hydrogen-bond acceptors (Lipinski definition) is 3. The predicted molar refractivity (Wildman–Crippen MR) is 72.1 cm³/mol. The molecule has 104 valence electrons. The quantitative estimate of drug-likeness (QED) is 0.801. The molecule has 0 heterocycles. The van der Waals surface area contributed by atoms with Gasteiger partial charge in [0, 0.05) is 0 Å². The lowest BCUT2D eigenvalue weighted by molar-refractivity contribution is 0.0634. The second kappa shape index (κ2) is 5.58. The molecule has 2 aromatic rings. The molecule has 0 fully saturated rings. The van der Waals surface area contributed by atoms with Crippen LogP contribution in [0.5, 0.6) is 0 Å². The summed E-state index contributed by atoms with van der Waals surface area (Å²) < 4.78 is 0. The molecule has 20 heavy (non-hydrogen) atoms. The Morgan fingerprint density at radius 2 is 1.35 bits per heavy atom. The summed E-state index contributed by atoms with van der Waals surface area (Å²) in [7, 11) is 0. The first-order valence-electron chi connectivity index (χ1n) is 5.19. The van der Waals surface area contributed by atoms with E-state index in [-0.39, 0.29) is 17.8 Å². The summed E-state index contributed by atoms with van der Waals surface area (Å²) >= 11 is 0. The van der Waals surface area contributed by atoms with Crippen LogP contribution in [0, 0.1) is 0 Å². The van der Waals surface area contributed by atoms with Crippen molar-refractivity contribution in [2.45, 2.75) is 0 Å². The Labute approximate surface area is 118 Å². The molecule has 0 amide bonds. The third-order valence-corrected chi connectivity index (χ3v) is 2.71. The van der Waals surface area contributed by atoms with Crippen LogP contribution in [0.4, 0.5) is 0 Å². The maximum Gasteiger partial charge on any atom is 0.337 e. The van der Waals surface area contributed by atoms with Gasteiger partial charge in [-0.3, -0.25) is 0 Å². The van der Waals surface area contributed by atoms with E-state index in [1.807, 2.05) is 0 Å². The van der Waals surface area contributed by atoms with Gasteiger partial charge in [0.25, 0.3) is 0 Å². The molecular formula is C13H9ClO6. The first-order chi connectivity index (χ1) is 8.93. The number of hydrogen-bond donors (Lipinski definition) is 3. The second-order valence-electron chi connectivity index (χ2n) is 3.81. The molecule has 0 aliphatic heterocycles. The van der Waals surface area contributed by atoms with Crippen LogP contribution in [0.3, 0.4) is 0 Å². The predicted octanol–water partition coefficient (Wildman–Crippen LogP) is 2.36. The molecule has 7 heteroatoms. The number of fused-ring (bicyclic) bond motifs is 1. The molecular weight excluding hydrogens is 288 g/mol. The van der Waals surface area contributed by atoms with Crippen molar-refractivity contribution < 1.29 is 29.7 Å². The zero-order valence-electron chi connectivity index (χ0n) is 9.86. The number of carboxylic acid groups (broad SMARTS) is 3. The van der Waals surface area contributed by atoms with E-state index in [1.165, 1.54) is 12.1 Å². The van der Waals surface area contributed by atoms with Gasteiger partial charge in [-0.05, 0) is 16.8 Å². The highest BCUT2D eigenvalue weighted by Gasteiger charge is 2.26. The van der Waals surface area contributed by atoms with Crippen LogP contribution in [-0.4, -0.2) is 33.2 Å². The molecule has 0 spiro atoms. The monoisotopic (exact) mass is 296 g/mol. The highest BCUT2D eigenvalue weighted by Crippen LogP contribution is 2.26. The van der Waals surface area contributed by atoms with Gasteiger partial charge in [0.1, 0.15) is 0 Å². The minimum absolute atomic E-state index is 0. The Morgan fingerprint density at radius 1 is 0.800 bits per heavy atom. The zero-order chi connectivity index (χ0) is 14.2. The Balaban J connectivity index is 0.00000200. The van der Waals surface area contributed by atoms with Crippen LogP contribution in [0.15, 0.2) is 30.3 Å². The Bertz CT molecular complexity index is 722. The van der Waals surface area contributed by atoms with Gasteiger partial charge >= 0.3 is 17.9 Å². The van der Waals surface area contributed by atoms with E-state index in [0.717, 1.165) is 6.07 Å². The molecule has 2 rings (SSSR count). The van der Waals surface area contributed by atoms with Crippen LogP contribution in [-0.2, 0) is 0 Å². The summed E-state index contributed by atoms with van der Waals surface area (Å²) in [4.78, 5) is 33.5. The van der Waals surface area contributed by atoms with Crippen molar-refractivity contribution in [3.05, 3.63) is 47.0 Å². The Kier molecular flexibility index (Phi) is 4.31. The van der Waals surface area contributed by atoms with E-state index < -0.39 is 34.6 Å². The lowest BCUT2D eigenvalue weighted by Crippen LogP contribution is -2.15. The minimum atomic E-state index is -1.58. The van der Waals surface area contributed by atoms with Crippen molar-refractivity contribution in [1.29, 1.82) is 0 Å². The third-order valence-electron chi connectivity index (χ3n) is 2.71. The summed E-state index contributed by atoms with van der Waals surface area (Å²) in [6, 6.07) is 7.30. The van der Waals surface area contributed by atoms with Gasteiger partial charge in [0.05, 0.1) is 16.7 Å². The van der Waals surface area contributed by atoms with Crippen LogP contribution < -0.4 is 0 Å². The smallest absolute Gasteiger partial charge is 0.337 e. The van der Waals surface area contributed by atoms with Crippen molar-refractivity contribution in [3.63, 3.8) is 0 Å². The fraction of sp³-hybridized carbons (Fsp3) is 0. The molecule has 0 saturated carbocycles. The van der Waals surface area contributed by atoms with Gasteiger partial charge in [0.2, 0.25) is 0 Å². The van der Waals surface area contributed by atoms with E-state index in [4.69, 9.17) is 15.3 Å². The second-order valence-corrected chi connectivity index (χ2v) is 3.81. The van der Waals surface area contributed by atoms with Crippen LogP contribution in [0.2, 0.25) is 0 Å². The molecule has 0 atom stereocenters. The SMILES string of the molecule is Cl.O=C(O)c1cc2ccccc2c(C(=O)O)c1C(=O)O. The number of benzene rings is 2. The van der Waals surface area contributed by atoms with E-state index in [1.54, 1.807) is 12.1 Å². The van der Waals surface area contributed by atoms with E-state index in [0.29, 0.717) is 5.39 Å². The molecule has 0 saturated heterocycles. The minimum Gasteiger partial charge on any atom is -0.478 e. The third kappa shape index (κ3) is 2.41. The van der Waals surface area contributed by atoms with Crippen molar-refractivity contribution in [3.8, 4) is 0 Å². The molecule has 0 aromatic heterocycles. The van der Waals surface area contributed by atoms with Crippen LogP contribution in [0.1, 0.15) is 31.1 Å². The number of rotatable bonds is 3. The van der Waals surface area contributed by atoms with E-state index >= 15 is 0 Å². The normalized spacial score (nSPS) is 9.80. The molecule has 3 N–H and O–H groups in total. The highest BCUT2D eigenvalue weighted by molar-refractivity contribution is 6.16. The summed E-state index contributed by atoms with van der Waals surface area (Å²) in [5, 5.41) is 27.8. The van der Waals surface area contributed by atoms with Gasteiger partial charge in [-0.15, -0.1) is 12.4 Å². The van der Waals surface area contributed by atoms with E-state index in [9.17, 15) is 14.4 Å². The lowest BCUT2D eigenvalue weighted by Gasteiger charge is -2.09. The average Bonchev–Trinajstić information content (AvgIpc) is 2.35. The zero-order valence-corrected chi connectivity index (χ0v) is 10.7. The number of halogens is 1. The molecule has 0 radical (unpaired) electrons. The van der Waals surface area contributed by atoms with Crippen molar-refractivity contribution in [1.82, 2.24) is 0 Å². The highest BCUT2D eigenvalue weighted by atomic mass is 35.5. The first kappa shape index (κ1) is 15.5. The maximum absolute atomic E-state index is 11.3. The first-order valence-corrected chi connectivity index (χ1v) is 5.19. The number of aromatic carboxylic acids is 3. The Hall–Kier alpha value is -2.60. The summed E-state index contributed by atoms with van der Waals surface area (Å²) in [5.74, 6) is -4.54. The van der Waals surface area contributed by atoms with Gasteiger partial charge in [-0.25, -0.2) is 14.4 Å². The molecule has 0 unspecified atom stereocenters. The van der Waals surface area contributed by atoms with Crippen molar-refractivity contribution in [2.24, 2.45) is 0 Å². The summed E-state index contributed by atoms with van der Waals surface area (Å²) in [5.41, 5.74) is -1.76. The lowest BCUT2D eigenvalue weighted by atomic mass is 9.94. The molecule has 0 aliphatic rings. The summed E-state index contributed by atoms with van der Waals surface area (Å²) in [6.07, 6.45) is 0. The van der Waals surface area contributed by atoms with Gasteiger partial charge < -0.3 is 15.3 Å². The molecule has 0 aliphatic carbocycles. The topological polar surface area (TPSA) is 112 Å². The van der Waals surface area contributed by atoms with Crippen molar-refractivity contribution in [2.75, 3.05) is 0 Å². The largest absolute Gasteiger partial charge is 0.478 e.